The van der Waals surface area contributed by atoms with Crippen LogP contribution in [-0.4, -0.2) is 64.0 Å². The zero-order chi connectivity index (χ0) is 31.5. The molecule has 230 valence electrons. The number of nitrogens with one attached hydrogen (secondary N) is 1. The molecule has 4 N–H and O–H groups in total. The van der Waals surface area contributed by atoms with Crippen molar-refractivity contribution in [3.05, 3.63) is 119 Å². The van der Waals surface area contributed by atoms with Crippen LogP contribution in [0.3, 0.4) is 0 Å². The average molecular weight is 616 g/mol. The molecule has 1 aliphatic rings. The van der Waals surface area contributed by atoms with E-state index in [0.717, 1.165) is 14.9 Å². The molecule has 1 fully saturated rings. The minimum atomic E-state index is -2.86. The Balaban J connectivity index is 1.40. The van der Waals surface area contributed by atoms with E-state index in [0.29, 0.717) is 11.1 Å². The number of rotatable bonds is 9. The summed E-state index contributed by atoms with van der Waals surface area (Å²) in [7, 11) is -2.86. The van der Waals surface area contributed by atoms with Gasteiger partial charge in [-0.2, -0.15) is 4.98 Å². The molecule has 3 aromatic carbocycles. The van der Waals surface area contributed by atoms with Crippen molar-refractivity contribution in [1.29, 1.82) is 0 Å². The van der Waals surface area contributed by atoms with Gasteiger partial charge in [0.15, 0.2) is 6.23 Å². The highest BCUT2D eigenvalue weighted by molar-refractivity contribution is 6.99. The quantitative estimate of drug-likeness (QED) is 0.210. The van der Waals surface area contributed by atoms with E-state index in [1.807, 2.05) is 48.5 Å². The SMILES string of the molecule is CC(C)(C)[Si](OCc1ccccc1C(=O)Nc1ccn([C@@H]2O[C@H](CO)[C@@H](O)[C@H]2O)c(=O)n1)(c1ccccc1)c1ccccc1. The molecule has 0 aliphatic carbocycles. The lowest BCUT2D eigenvalue weighted by atomic mass is 10.1. The van der Waals surface area contributed by atoms with Crippen molar-refractivity contribution >= 4 is 30.4 Å². The van der Waals surface area contributed by atoms with E-state index < -0.39 is 51.1 Å². The molecule has 4 atom stereocenters. The molecular weight excluding hydrogens is 578 g/mol. The molecule has 0 spiro atoms. The zero-order valence-corrected chi connectivity index (χ0v) is 25.8. The van der Waals surface area contributed by atoms with Crippen LogP contribution in [0.4, 0.5) is 5.82 Å². The zero-order valence-electron chi connectivity index (χ0n) is 24.8. The first kappa shape index (κ1) is 31.5. The second-order valence-electron chi connectivity index (χ2n) is 11.8. The Bertz CT molecular complexity index is 1600. The Morgan fingerprint density at radius 1 is 0.932 bits per heavy atom. The first-order chi connectivity index (χ1) is 21.1. The van der Waals surface area contributed by atoms with Gasteiger partial charge in [0.05, 0.1) is 13.2 Å². The minimum Gasteiger partial charge on any atom is -0.403 e. The van der Waals surface area contributed by atoms with Crippen LogP contribution in [0.2, 0.25) is 5.04 Å². The van der Waals surface area contributed by atoms with Crippen molar-refractivity contribution in [3.8, 4) is 0 Å². The summed E-state index contributed by atoms with van der Waals surface area (Å²) in [5.41, 5.74) is 0.249. The summed E-state index contributed by atoms with van der Waals surface area (Å²) in [6.07, 6.45) is -3.76. The fraction of sp³-hybridized carbons (Fsp3) is 0.303. The predicted molar refractivity (Wildman–Crippen MR) is 168 cm³/mol. The van der Waals surface area contributed by atoms with Crippen LogP contribution >= 0.6 is 0 Å². The number of hydrogen-bond donors (Lipinski definition) is 4. The van der Waals surface area contributed by atoms with Crippen molar-refractivity contribution in [2.24, 2.45) is 0 Å². The Morgan fingerprint density at radius 3 is 2.07 bits per heavy atom. The van der Waals surface area contributed by atoms with Gasteiger partial charge in [0, 0.05) is 11.8 Å². The van der Waals surface area contributed by atoms with Gasteiger partial charge in [-0.25, -0.2) is 4.79 Å². The molecule has 0 unspecified atom stereocenters. The van der Waals surface area contributed by atoms with Crippen molar-refractivity contribution in [3.63, 3.8) is 0 Å². The molecule has 5 rings (SSSR count). The maximum absolute atomic E-state index is 13.5. The van der Waals surface area contributed by atoms with Crippen molar-refractivity contribution in [1.82, 2.24) is 9.55 Å². The third kappa shape index (κ3) is 6.02. The number of anilines is 1. The maximum atomic E-state index is 13.5. The van der Waals surface area contributed by atoms with Crippen LogP contribution in [0.25, 0.3) is 0 Å². The molecular formula is C33H37N3O7Si. The predicted octanol–water partition coefficient (Wildman–Crippen LogP) is 2.18. The number of carbonyl (C=O) groups is 1. The number of ether oxygens (including phenoxy) is 1. The number of aromatic nitrogens is 2. The summed E-state index contributed by atoms with van der Waals surface area (Å²) in [5, 5.41) is 34.4. The smallest absolute Gasteiger partial charge is 0.351 e. The maximum Gasteiger partial charge on any atom is 0.351 e. The molecule has 1 aromatic heterocycles. The molecule has 1 saturated heterocycles. The fourth-order valence-electron chi connectivity index (χ4n) is 5.78. The number of aliphatic hydroxyl groups is 3. The summed E-state index contributed by atoms with van der Waals surface area (Å²) in [6.45, 7) is 6.21. The number of hydrogen-bond acceptors (Lipinski definition) is 8. The lowest BCUT2D eigenvalue weighted by Crippen LogP contribution is -2.66. The van der Waals surface area contributed by atoms with Crippen LogP contribution in [0.5, 0.6) is 0 Å². The molecule has 10 nitrogen and oxygen atoms in total. The first-order valence-electron chi connectivity index (χ1n) is 14.4. The Labute approximate surface area is 256 Å². The first-order valence-corrected chi connectivity index (χ1v) is 16.3. The van der Waals surface area contributed by atoms with E-state index in [2.05, 4.69) is 55.3 Å². The van der Waals surface area contributed by atoms with E-state index in [9.17, 15) is 24.9 Å². The van der Waals surface area contributed by atoms with Gasteiger partial charge in [0.2, 0.25) is 0 Å². The van der Waals surface area contributed by atoms with Crippen molar-refractivity contribution in [2.75, 3.05) is 11.9 Å². The Kier molecular flexibility index (Phi) is 9.25. The molecule has 0 radical (unpaired) electrons. The van der Waals surface area contributed by atoms with Crippen LogP contribution < -0.4 is 21.4 Å². The highest BCUT2D eigenvalue weighted by Crippen LogP contribution is 2.37. The monoisotopic (exact) mass is 615 g/mol. The van der Waals surface area contributed by atoms with Gasteiger partial charge >= 0.3 is 5.69 Å². The van der Waals surface area contributed by atoms with Crippen molar-refractivity contribution in [2.45, 2.75) is 57.0 Å². The van der Waals surface area contributed by atoms with E-state index in [1.54, 1.807) is 12.1 Å². The van der Waals surface area contributed by atoms with Gasteiger partial charge < -0.3 is 29.8 Å². The highest BCUT2D eigenvalue weighted by Gasteiger charge is 2.50. The molecule has 1 amide bonds. The summed E-state index contributed by atoms with van der Waals surface area (Å²) < 4.78 is 13.5. The number of carbonyl (C=O) groups excluding carboxylic acids is 1. The Hall–Kier alpha value is -3.97. The molecule has 2 heterocycles. The number of nitrogens with zero attached hydrogens (tertiary/aromatic N) is 2. The number of amides is 1. The highest BCUT2D eigenvalue weighted by atomic mass is 28.4. The van der Waals surface area contributed by atoms with Gasteiger partial charge in [-0.15, -0.1) is 0 Å². The van der Waals surface area contributed by atoms with Gasteiger partial charge in [0.1, 0.15) is 24.1 Å². The largest absolute Gasteiger partial charge is 0.403 e. The van der Waals surface area contributed by atoms with Gasteiger partial charge in [-0.05, 0) is 33.1 Å². The van der Waals surface area contributed by atoms with Crippen LogP contribution in [0, 0.1) is 0 Å². The summed E-state index contributed by atoms with van der Waals surface area (Å²) in [4.78, 5) is 30.2. The molecule has 4 aromatic rings. The van der Waals surface area contributed by atoms with E-state index in [-0.39, 0.29) is 17.5 Å². The molecule has 0 saturated carbocycles. The summed E-state index contributed by atoms with van der Waals surface area (Å²) in [6, 6.07) is 29.0. The minimum absolute atomic E-state index is 0.00528. The van der Waals surface area contributed by atoms with Crippen LogP contribution in [0.15, 0.2) is 102 Å². The van der Waals surface area contributed by atoms with Crippen molar-refractivity contribution < 1.29 is 29.3 Å². The third-order valence-corrected chi connectivity index (χ3v) is 13.0. The summed E-state index contributed by atoms with van der Waals surface area (Å²) >= 11 is 0. The second-order valence-corrected chi connectivity index (χ2v) is 16.1. The molecule has 1 aliphatic heterocycles. The van der Waals surface area contributed by atoms with Gasteiger partial charge in [-0.1, -0.05) is 99.6 Å². The van der Waals surface area contributed by atoms with E-state index in [4.69, 9.17) is 9.16 Å². The van der Waals surface area contributed by atoms with Crippen LogP contribution in [0.1, 0.15) is 42.9 Å². The van der Waals surface area contributed by atoms with Crippen LogP contribution in [-0.2, 0) is 15.8 Å². The average Bonchev–Trinajstić information content (AvgIpc) is 3.30. The van der Waals surface area contributed by atoms with E-state index in [1.165, 1.54) is 12.3 Å². The topological polar surface area (TPSA) is 143 Å². The summed E-state index contributed by atoms with van der Waals surface area (Å²) in [5.74, 6) is -0.463. The lowest BCUT2D eigenvalue weighted by Gasteiger charge is -2.43. The second kappa shape index (κ2) is 12.9. The number of benzene rings is 3. The van der Waals surface area contributed by atoms with Gasteiger partial charge in [0.25, 0.3) is 14.2 Å². The third-order valence-electron chi connectivity index (χ3n) is 7.99. The lowest BCUT2D eigenvalue weighted by molar-refractivity contribution is -0.0549. The molecule has 44 heavy (non-hydrogen) atoms. The van der Waals surface area contributed by atoms with E-state index >= 15 is 0 Å². The normalized spacial score (nSPS) is 20.4. The number of aliphatic hydroxyl groups excluding tert-OH is 3. The molecule has 11 heteroatoms. The fourth-order valence-corrected chi connectivity index (χ4v) is 10.3. The van der Waals surface area contributed by atoms with Gasteiger partial charge in [-0.3, -0.25) is 9.36 Å². The Morgan fingerprint density at radius 2 is 1.52 bits per heavy atom. The molecule has 0 bridgehead atoms. The standard InChI is InChI=1S/C33H37N3O7Si/c1-33(2,3)44(23-13-6-4-7-14-23,24-15-8-5-9-16-24)42-21-22-12-10-11-17-25(22)30(40)34-27-18-19-36(32(41)35-27)31-29(39)28(38)26(20-37)43-31/h4-19,26,28-29,31,37-39H,20-21H2,1-3H3,(H,34,35,40,41)/t26-,28-,29-,31-/m1/s1.